The van der Waals surface area contributed by atoms with Gasteiger partial charge in [-0.1, -0.05) is 36.4 Å². The van der Waals surface area contributed by atoms with Crippen molar-refractivity contribution in [2.75, 3.05) is 0 Å². The highest BCUT2D eigenvalue weighted by atomic mass is 14.7. The van der Waals surface area contributed by atoms with Crippen molar-refractivity contribution < 1.29 is 0 Å². The van der Waals surface area contributed by atoms with Gasteiger partial charge in [-0.15, -0.1) is 0 Å². The Balaban J connectivity index is 2.13. The molecule has 0 amide bonds. The molecular weight excluding hydrogens is 194 g/mol. The summed E-state index contributed by atoms with van der Waals surface area (Å²) in [7, 11) is 0. The predicted octanol–water partition coefficient (Wildman–Crippen LogP) is 3.46. The van der Waals surface area contributed by atoms with E-state index >= 15 is 0 Å². The lowest BCUT2D eigenvalue weighted by molar-refractivity contribution is 0.974. The maximum absolute atomic E-state index is 4.43. The first-order valence-electron chi connectivity index (χ1n) is 5.65. The largest absolute Gasteiger partial charge is 0.256 e. The number of hydrogen-bond donors (Lipinski definition) is 0. The van der Waals surface area contributed by atoms with E-state index in [-0.39, 0.29) is 0 Å². The lowest BCUT2D eigenvalue weighted by Crippen LogP contribution is -2.01. The number of nitrogens with zero attached hydrogens (tertiary/aromatic N) is 1. The highest BCUT2D eigenvalue weighted by molar-refractivity contribution is 5.80. The Labute approximate surface area is 95.5 Å². The molecule has 3 rings (SSSR count). The van der Waals surface area contributed by atoms with E-state index in [1.54, 1.807) is 0 Å². The van der Waals surface area contributed by atoms with Crippen LogP contribution in [-0.2, 0) is 6.42 Å². The number of benzene rings is 1. The van der Waals surface area contributed by atoms with E-state index in [2.05, 4.69) is 41.4 Å². The molecule has 0 fully saturated rings. The molecule has 16 heavy (non-hydrogen) atoms. The van der Waals surface area contributed by atoms with Gasteiger partial charge < -0.3 is 0 Å². The Morgan fingerprint density at radius 2 is 1.81 bits per heavy atom. The average molecular weight is 207 g/mol. The van der Waals surface area contributed by atoms with Gasteiger partial charge in [-0.05, 0) is 36.1 Å². The Morgan fingerprint density at radius 3 is 2.69 bits per heavy atom. The molecule has 1 heterocycles. The van der Waals surface area contributed by atoms with Gasteiger partial charge in [0.25, 0.3) is 0 Å². The summed E-state index contributed by atoms with van der Waals surface area (Å²) in [6, 6.07) is 14.7. The standard InChI is InChI=1S/C15H13N/c1-2-8-13-12(6-1)7-5-9-14(13)15-10-3-4-11-16-15/h1-4,6,8-11H,5,7H2. The summed E-state index contributed by atoms with van der Waals surface area (Å²) in [5, 5.41) is 0. The van der Waals surface area contributed by atoms with Crippen molar-refractivity contribution in [3.8, 4) is 0 Å². The molecule has 78 valence electrons. The number of aryl methyl sites for hydroxylation is 1. The smallest absolute Gasteiger partial charge is 0.0704 e. The molecule has 1 heteroatoms. The number of rotatable bonds is 1. The summed E-state index contributed by atoms with van der Waals surface area (Å²) in [5.41, 5.74) is 5.13. The van der Waals surface area contributed by atoms with Gasteiger partial charge in [-0.2, -0.15) is 0 Å². The van der Waals surface area contributed by atoms with E-state index in [9.17, 15) is 0 Å². The van der Waals surface area contributed by atoms with Gasteiger partial charge in [0.2, 0.25) is 0 Å². The summed E-state index contributed by atoms with van der Waals surface area (Å²) in [4.78, 5) is 4.43. The zero-order chi connectivity index (χ0) is 10.8. The van der Waals surface area contributed by atoms with Crippen molar-refractivity contribution in [1.82, 2.24) is 4.98 Å². The maximum Gasteiger partial charge on any atom is 0.0704 e. The zero-order valence-electron chi connectivity index (χ0n) is 9.06. The Bertz CT molecular complexity index is 526. The van der Waals surface area contributed by atoms with E-state index < -0.39 is 0 Å². The third-order valence-electron chi connectivity index (χ3n) is 3.01. The molecule has 1 aromatic heterocycles. The van der Waals surface area contributed by atoms with Crippen LogP contribution in [0.2, 0.25) is 0 Å². The molecule has 0 unspecified atom stereocenters. The zero-order valence-corrected chi connectivity index (χ0v) is 9.06. The number of hydrogen-bond acceptors (Lipinski definition) is 1. The molecule has 1 aromatic carbocycles. The van der Waals surface area contributed by atoms with Crippen LogP contribution in [0.25, 0.3) is 5.57 Å². The molecule has 0 aliphatic heterocycles. The molecule has 2 aromatic rings. The molecule has 1 nitrogen and oxygen atoms in total. The van der Waals surface area contributed by atoms with Crippen molar-refractivity contribution in [1.29, 1.82) is 0 Å². The first-order chi connectivity index (χ1) is 7.95. The SMILES string of the molecule is C1=C(c2ccccn2)c2ccccc2CC1. The predicted molar refractivity (Wildman–Crippen MR) is 66.1 cm³/mol. The lowest BCUT2D eigenvalue weighted by atomic mass is 9.89. The van der Waals surface area contributed by atoms with Crippen LogP contribution in [0, 0.1) is 0 Å². The lowest BCUT2D eigenvalue weighted by Gasteiger charge is -2.16. The number of aromatic nitrogens is 1. The van der Waals surface area contributed by atoms with Gasteiger partial charge in [-0.25, -0.2) is 0 Å². The van der Waals surface area contributed by atoms with Gasteiger partial charge in [0.15, 0.2) is 0 Å². The van der Waals surface area contributed by atoms with Crippen molar-refractivity contribution in [3.05, 3.63) is 71.6 Å². The van der Waals surface area contributed by atoms with E-state index in [1.807, 2.05) is 18.3 Å². The highest BCUT2D eigenvalue weighted by Gasteiger charge is 2.13. The van der Waals surface area contributed by atoms with Crippen molar-refractivity contribution >= 4 is 5.57 Å². The van der Waals surface area contributed by atoms with E-state index in [1.165, 1.54) is 16.7 Å². The van der Waals surface area contributed by atoms with Crippen LogP contribution in [0.1, 0.15) is 23.2 Å². The van der Waals surface area contributed by atoms with E-state index in [0.29, 0.717) is 0 Å². The van der Waals surface area contributed by atoms with Crippen LogP contribution < -0.4 is 0 Å². The van der Waals surface area contributed by atoms with E-state index in [0.717, 1.165) is 18.5 Å². The molecule has 0 atom stereocenters. The van der Waals surface area contributed by atoms with Crippen LogP contribution >= 0.6 is 0 Å². The Morgan fingerprint density at radius 1 is 0.938 bits per heavy atom. The fraction of sp³-hybridized carbons (Fsp3) is 0.133. The van der Waals surface area contributed by atoms with Crippen molar-refractivity contribution in [2.45, 2.75) is 12.8 Å². The minimum absolute atomic E-state index is 1.08. The van der Waals surface area contributed by atoms with Crippen LogP contribution in [0.5, 0.6) is 0 Å². The Kier molecular flexibility index (Phi) is 2.30. The molecule has 0 saturated heterocycles. The molecule has 0 spiro atoms. The van der Waals surface area contributed by atoms with Crippen molar-refractivity contribution in [3.63, 3.8) is 0 Å². The summed E-state index contributed by atoms with van der Waals surface area (Å²) in [6.45, 7) is 0. The average Bonchev–Trinajstić information content (AvgIpc) is 2.39. The first kappa shape index (κ1) is 9.34. The second-order valence-corrected chi connectivity index (χ2v) is 4.03. The molecule has 0 radical (unpaired) electrons. The maximum atomic E-state index is 4.43. The van der Waals surface area contributed by atoms with Gasteiger partial charge in [-0.3, -0.25) is 4.98 Å². The summed E-state index contributed by atoms with van der Waals surface area (Å²) in [6.07, 6.45) is 6.41. The van der Waals surface area contributed by atoms with Crippen molar-refractivity contribution in [2.24, 2.45) is 0 Å². The topological polar surface area (TPSA) is 12.9 Å². The Hall–Kier alpha value is -1.89. The molecule has 0 bridgehead atoms. The van der Waals surface area contributed by atoms with Gasteiger partial charge in [0.05, 0.1) is 5.69 Å². The van der Waals surface area contributed by atoms with Gasteiger partial charge >= 0.3 is 0 Å². The van der Waals surface area contributed by atoms with E-state index in [4.69, 9.17) is 0 Å². The minimum Gasteiger partial charge on any atom is -0.256 e. The van der Waals surface area contributed by atoms with Crippen LogP contribution in [-0.4, -0.2) is 4.98 Å². The quantitative estimate of drug-likeness (QED) is 0.697. The van der Waals surface area contributed by atoms with Gasteiger partial charge in [0.1, 0.15) is 0 Å². The first-order valence-corrected chi connectivity index (χ1v) is 5.65. The summed E-state index contributed by atoms with van der Waals surface area (Å²) < 4.78 is 0. The molecule has 1 aliphatic rings. The third-order valence-corrected chi connectivity index (χ3v) is 3.01. The molecule has 0 saturated carbocycles. The molecule has 0 N–H and O–H groups in total. The summed E-state index contributed by atoms with van der Waals surface area (Å²) >= 11 is 0. The van der Waals surface area contributed by atoms with Crippen LogP contribution in [0.15, 0.2) is 54.7 Å². The minimum atomic E-state index is 1.08. The second kappa shape index (κ2) is 3.93. The monoisotopic (exact) mass is 207 g/mol. The molecular formula is C15H13N. The fourth-order valence-corrected chi connectivity index (χ4v) is 2.25. The number of allylic oxidation sites excluding steroid dienone is 1. The van der Waals surface area contributed by atoms with Crippen LogP contribution in [0.4, 0.5) is 0 Å². The normalized spacial score (nSPS) is 14.1. The number of fused-ring (bicyclic) bond motifs is 1. The van der Waals surface area contributed by atoms with Crippen LogP contribution in [0.3, 0.4) is 0 Å². The summed E-state index contributed by atoms with van der Waals surface area (Å²) in [5.74, 6) is 0. The van der Waals surface area contributed by atoms with Gasteiger partial charge in [0, 0.05) is 11.8 Å². The fourth-order valence-electron chi connectivity index (χ4n) is 2.25. The third kappa shape index (κ3) is 1.54. The highest BCUT2D eigenvalue weighted by Crippen LogP contribution is 2.30. The molecule has 1 aliphatic carbocycles. The number of pyridine rings is 1. The second-order valence-electron chi connectivity index (χ2n) is 4.03.